The van der Waals surface area contributed by atoms with Gasteiger partial charge in [0.2, 0.25) is 0 Å². The van der Waals surface area contributed by atoms with E-state index >= 15 is 0 Å². The minimum absolute atomic E-state index is 0.00137. The van der Waals surface area contributed by atoms with Crippen molar-refractivity contribution in [2.45, 2.75) is 198 Å². The number of hydrogen-bond acceptors (Lipinski definition) is 14. The highest BCUT2D eigenvalue weighted by atomic mass is 16.8. The Morgan fingerprint density at radius 3 is 2.09 bits per heavy atom. The molecule has 4 aliphatic carbocycles. The molecule has 6 aliphatic rings. The summed E-state index contributed by atoms with van der Waals surface area (Å²) in [4.78, 5) is 0. The summed E-state index contributed by atoms with van der Waals surface area (Å²) in [6.45, 7) is 17.6. The third-order valence-electron chi connectivity index (χ3n) is 17.2. The number of aliphatic hydroxyl groups is 9. The second-order valence-corrected chi connectivity index (χ2v) is 20.7. The first-order chi connectivity index (χ1) is 26.3. The Morgan fingerprint density at radius 1 is 0.789 bits per heavy atom. The van der Waals surface area contributed by atoms with Crippen molar-refractivity contribution in [3.05, 3.63) is 12.2 Å². The molecule has 21 atom stereocenters. The number of rotatable bonds is 10. The van der Waals surface area contributed by atoms with E-state index in [4.69, 9.17) is 23.7 Å². The zero-order valence-corrected chi connectivity index (χ0v) is 35.7. The van der Waals surface area contributed by atoms with Crippen LogP contribution < -0.4 is 0 Å². The van der Waals surface area contributed by atoms with E-state index in [1.165, 1.54) is 6.92 Å². The van der Waals surface area contributed by atoms with Gasteiger partial charge in [0.25, 0.3) is 0 Å². The van der Waals surface area contributed by atoms with Gasteiger partial charge in [0.15, 0.2) is 12.6 Å². The van der Waals surface area contributed by atoms with Crippen LogP contribution in [0.15, 0.2) is 12.2 Å². The first kappa shape index (κ1) is 45.7. The first-order valence-corrected chi connectivity index (χ1v) is 21.3. The quantitative estimate of drug-likeness (QED) is 0.113. The summed E-state index contributed by atoms with van der Waals surface area (Å²) < 4.78 is 30.0. The van der Waals surface area contributed by atoms with E-state index in [1.54, 1.807) is 26.2 Å². The Morgan fingerprint density at radius 2 is 1.46 bits per heavy atom. The predicted molar refractivity (Wildman–Crippen MR) is 207 cm³/mol. The third kappa shape index (κ3) is 7.30. The maximum Gasteiger partial charge on any atom is 0.187 e. The lowest BCUT2D eigenvalue weighted by molar-refractivity contribution is -0.377. The van der Waals surface area contributed by atoms with Crippen molar-refractivity contribution < 1.29 is 69.6 Å². The molecule has 0 aromatic heterocycles. The minimum Gasteiger partial charge on any atom is -0.394 e. The molecule has 14 heteroatoms. The van der Waals surface area contributed by atoms with Crippen LogP contribution in [0.3, 0.4) is 0 Å². The summed E-state index contributed by atoms with van der Waals surface area (Å²) in [6, 6.07) is 0. The number of hydrogen-bond donors (Lipinski definition) is 9. The molecule has 2 aliphatic heterocycles. The maximum absolute atomic E-state index is 12.5. The Labute approximate surface area is 338 Å². The van der Waals surface area contributed by atoms with Crippen molar-refractivity contribution in [1.82, 2.24) is 0 Å². The van der Waals surface area contributed by atoms with E-state index in [-0.39, 0.29) is 34.5 Å². The molecule has 21 unspecified atom stereocenters. The van der Waals surface area contributed by atoms with Crippen LogP contribution in [0, 0.1) is 45.3 Å². The van der Waals surface area contributed by atoms with E-state index in [9.17, 15) is 46.0 Å². The maximum atomic E-state index is 12.5. The molecule has 0 radical (unpaired) electrons. The molecule has 0 aromatic rings. The Kier molecular flexibility index (Phi) is 12.7. The number of fused-ring (bicyclic) bond motifs is 5. The van der Waals surface area contributed by atoms with Gasteiger partial charge in [0.1, 0.15) is 48.8 Å². The molecule has 4 saturated carbocycles. The number of ether oxygens (including phenoxy) is 5. The van der Waals surface area contributed by atoms with Gasteiger partial charge >= 0.3 is 0 Å². The van der Waals surface area contributed by atoms with Crippen LogP contribution in [0.2, 0.25) is 0 Å². The van der Waals surface area contributed by atoms with Crippen molar-refractivity contribution in [2.24, 2.45) is 45.3 Å². The molecule has 330 valence electrons. The third-order valence-corrected chi connectivity index (χ3v) is 17.2. The fourth-order valence-electron chi connectivity index (χ4n) is 13.2. The summed E-state index contributed by atoms with van der Waals surface area (Å²) in [7, 11) is 1.61. The molecule has 14 nitrogen and oxygen atoms in total. The van der Waals surface area contributed by atoms with Crippen LogP contribution in [0.4, 0.5) is 0 Å². The van der Waals surface area contributed by atoms with Crippen molar-refractivity contribution in [1.29, 1.82) is 0 Å². The molecule has 6 rings (SSSR count). The van der Waals surface area contributed by atoms with Crippen LogP contribution in [0.5, 0.6) is 0 Å². The fraction of sp³-hybridized carbons (Fsp3) is 0.953. The van der Waals surface area contributed by atoms with Crippen LogP contribution in [0.25, 0.3) is 0 Å². The predicted octanol–water partition coefficient (Wildman–Crippen LogP) is 1.77. The van der Waals surface area contributed by atoms with E-state index in [0.717, 1.165) is 32.1 Å². The largest absolute Gasteiger partial charge is 0.394 e. The van der Waals surface area contributed by atoms with Gasteiger partial charge in [-0.25, -0.2) is 0 Å². The number of methoxy groups -OCH3 is 1. The average Bonchev–Trinajstić information content (AvgIpc) is 3.52. The lowest BCUT2D eigenvalue weighted by Gasteiger charge is -2.71. The van der Waals surface area contributed by atoms with Gasteiger partial charge in [-0.3, -0.25) is 0 Å². The standard InChI is InChI=1S/C43H74O14/c1-21-30(47)32(49)34(51)36(54-21)57-35-33(50)31(48)24(20-44)55-37(35)56-29-15-17-40(6)25-12-11-22-23(43(9,52)27(45)14-16-38(2,3)53-10)13-18-41(22,7)42(25,8)28(46)19-26(40)39(29,4)5/h14,16,21-37,44-52H,11-13,15,17-20H2,1-10H3. The summed E-state index contributed by atoms with van der Waals surface area (Å²) in [5, 5.41) is 99.5. The zero-order valence-electron chi connectivity index (χ0n) is 35.7. The normalized spacial score (nSPS) is 51.8. The molecule has 2 saturated heterocycles. The fourth-order valence-corrected chi connectivity index (χ4v) is 13.2. The highest BCUT2D eigenvalue weighted by Gasteiger charge is 2.72. The van der Waals surface area contributed by atoms with Crippen molar-refractivity contribution in [2.75, 3.05) is 13.7 Å². The molecule has 0 amide bonds. The molecule has 9 N–H and O–H groups in total. The summed E-state index contributed by atoms with van der Waals surface area (Å²) in [6.07, 6.45) is -7.67. The van der Waals surface area contributed by atoms with Crippen molar-refractivity contribution in [3.8, 4) is 0 Å². The zero-order chi connectivity index (χ0) is 42.4. The van der Waals surface area contributed by atoms with E-state index in [1.807, 2.05) is 13.8 Å². The highest BCUT2D eigenvalue weighted by Crippen LogP contribution is 2.76. The minimum atomic E-state index is -1.67. The molecule has 0 spiro atoms. The van der Waals surface area contributed by atoms with Gasteiger partial charge in [-0.1, -0.05) is 46.8 Å². The second-order valence-electron chi connectivity index (χ2n) is 20.7. The van der Waals surface area contributed by atoms with Crippen LogP contribution >= 0.6 is 0 Å². The average molecular weight is 815 g/mol. The van der Waals surface area contributed by atoms with Gasteiger partial charge < -0.3 is 69.6 Å². The SMILES string of the molecule is COC(C)(C)C=CC(O)C(C)(O)C1CCC2(C)C1CCC1C3(C)CCC(OC4OC(CO)C(O)C(O)C4OC4OC(C)C(O)C(O)C4O)C(C)(C)C3CC(O)C12C. The lowest BCUT2D eigenvalue weighted by atomic mass is 9.34. The topological polar surface area (TPSA) is 228 Å². The van der Waals surface area contributed by atoms with Gasteiger partial charge in [-0.05, 0) is 113 Å². The highest BCUT2D eigenvalue weighted by molar-refractivity contribution is 5.22. The lowest BCUT2D eigenvalue weighted by Crippen LogP contribution is -2.69. The summed E-state index contributed by atoms with van der Waals surface area (Å²) in [5.74, 6) is 0.0855. The smallest absolute Gasteiger partial charge is 0.187 e. The molecule has 6 fully saturated rings. The second kappa shape index (κ2) is 15.8. The molecule has 0 bridgehead atoms. The van der Waals surface area contributed by atoms with Gasteiger partial charge in [0, 0.05) is 12.5 Å². The molecular weight excluding hydrogens is 740 g/mol. The van der Waals surface area contributed by atoms with E-state index < -0.39 is 108 Å². The van der Waals surface area contributed by atoms with Crippen molar-refractivity contribution in [3.63, 3.8) is 0 Å². The van der Waals surface area contributed by atoms with Crippen molar-refractivity contribution >= 4 is 0 Å². The Balaban J connectivity index is 1.23. The first-order valence-electron chi connectivity index (χ1n) is 21.3. The van der Waals surface area contributed by atoms with Crippen LogP contribution in [0.1, 0.15) is 107 Å². The molecule has 0 aromatic carbocycles. The van der Waals surface area contributed by atoms with E-state index in [2.05, 4.69) is 34.6 Å². The summed E-state index contributed by atoms with van der Waals surface area (Å²) >= 11 is 0. The van der Waals surface area contributed by atoms with Crippen LogP contribution in [-0.4, -0.2) is 151 Å². The van der Waals surface area contributed by atoms with Gasteiger partial charge in [0.05, 0.1) is 36.1 Å². The Bertz CT molecular complexity index is 1440. The molecule has 57 heavy (non-hydrogen) atoms. The summed E-state index contributed by atoms with van der Waals surface area (Å²) in [5.41, 5.74) is -3.47. The Hall–Kier alpha value is -0.820. The monoisotopic (exact) mass is 815 g/mol. The van der Waals surface area contributed by atoms with E-state index in [0.29, 0.717) is 12.8 Å². The number of aliphatic hydroxyl groups excluding tert-OH is 8. The van der Waals surface area contributed by atoms with Gasteiger partial charge in [-0.2, -0.15) is 0 Å². The molecule has 2 heterocycles. The van der Waals surface area contributed by atoms with Crippen LogP contribution in [-0.2, 0) is 23.7 Å². The molecular formula is C43H74O14. The van der Waals surface area contributed by atoms with Gasteiger partial charge in [-0.15, -0.1) is 0 Å².